The Morgan fingerprint density at radius 3 is 1.60 bits per heavy atom. The molecule has 53 heavy (non-hydrogen) atoms. The van der Waals surface area contributed by atoms with E-state index in [9.17, 15) is 19.0 Å². The van der Waals surface area contributed by atoms with Gasteiger partial charge in [0.05, 0.1) is 13.2 Å². The van der Waals surface area contributed by atoms with Crippen LogP contribution in [0.4, 0.5) is 0 Å². The minimum Gasteiger partial charge on any atom is -0.462 e. The second-order valence-electron chi connectivity index (χ2n) is 13.2. The highest BCUT2D eigenvalue weighted by atomic mass is 31.2. The standard InChI is InChI=1S/C43H74NO8P/c1-3-5-7-9-11-13-15-17-19-20-22-23-25-27-29-31-33-35-42(45)49-39-41(40-51-53(47,48)50-38-37-44)52-43(46)36-34-32-30-28-26-24-21-18-16-14-12-10-8-6-4-2/h4-5,7,11,13,17,19,22-23,27,29,41H,2-3,6,8-10,12,14-16,18,20-21,24-26,28,30-40,44H2,1H3,(H,47,48)/b7-5+,13-11+,19-17+,23-22+,29-27+/t41-/m1/s1. The molecule has 0 heterocycles. The van der Waals surface area contributed by atoms with Gasteiger partial charge in [0, 0.05) is 19.4 Å². The Bertz CT molecular complexity index is 1080. The van der Waals surface area contributed by atoms with Crippen LogP contribution in [0.3, 0.4) is 0 Å². The summed E-state index contributed by atoms with van der Waals surface area (Å²) in [5.74, 6) is -0.905. The lowest BCUT2D eigenvalue weighted by Gasteiger charge is -2.19. The molecule has 304 valence electrons. The molecule has 0 aliphatic rings. The van der Waals surface area contributed by atoms with E-state index in [2.05, 4.69) is 68.2 Å². The van der Waals surface area contributed by atoms with Crippen molar-refractivity contribution >= 4 is 19.8 Å². The average molecular weight is 764 g/mol. The summed E-state index contributed by atoms with van der Waals surface area (Å²) in [6.45, 7) is 5.05. The molecule has 0 spiro atoms. The molecule has 10 heteroatoms. The zero-order chi connectivity index (χ0) is 38.9. The van der Waals surface area contributed by atoms with Gasteiger partial charge in [-0.3, -0.25) is 18.6 Å². The fourth-order valence-electron chi connectivity index (χ4n) is 5.24. The summed E-state index contributed by atoms with van der Waals surface area (Å²) in [6, 6.07) is 0. The van der Waals surface area contributed by atoms with E-state index in [0.29, 0.717) is 12.8 Å². The normalized spacial score (nSPS) is 13.9. The number of allylic oxidation sites excluding steroid dienone is 11. The van der Waals surface area contributed by atoms with Crippen molar-refractivity contribution in [2.75, 3.05) is 26.4 Å². The molecular formula is C43H74NO8P. The molecule has 0 rings (SSSR count). The first-order chi connectivity index (χ1) is 25.8. The van der Waals surface area contributed by atoms with Gasteiger partial charge in [-0.2, -0.15) is 0 Å². The molecule has 0 aromatic rings. The van der Waals surface area contributed by atoms with Gasteiger partial charge in [0.25, 0.3) is 0 Å². The Kier molecular flexibility index (Phi) is 37.3. The molecule has 1 unspecified atom stereocenters. The van der Waals surface area contributed by atoms with Crippen LogP contribution in [0.1, 0.15) is 155 Å². The number of phosphoric ester groups is 1. The molecule has 0 radical (unpaired) electrons. The van der Waals surface area contributed by atoms with Crippen LogP contribution in [-0.2, 0) is 32.7 Å². The van der Waals surface area contributed by atoms with Crippen LogP contribution in [0.5, 0.6) is 0 Å². The van der Waals surface area contributed by atoms with Gasteiger partial charge in [-0.05, 0) is 64.2 Å². The van der Waals surface area contributed by atoms with E-state index in [1.807, 2.05) is 12.2 Å². The predicted molar refractivity (Wildman–Crippen MR) is 219 cm³/mol. The Morgan fingerprint density at radius 2 is 1.09 bits per heavy atom. The van der Waals surface area contributed by atoms with E-state index in [1.54, 1.807) is 0 Å². The molecule has 0 aromatic heterocycles. The monoisotopic (exact) mass is 764 g/mol. The third kappa shape index (κ3) is 39.0. The zero-order valence-electron chi connectivity index (χ0n) is 33.1. The van der Waals surface area contributed by atoms with Gasteiger partial charge in [0.15, 0.2) is 6.10 Å². The van der Waals surface area contributed by atoms with Crippen LogP contribution in [0, 0.1) is 0 Å². The highest BCUT2D eigenvalue weighted by molar-refractivity contribution is 7.47. The summed E-state index contributed by atoms with van der Waals surface area (Å²) in [7, 11) is -4.39. The van der Waals surface area contributed by atoms with Crippen molar-refractivity contribution in [3.05, 3.63) is 73.4 Å². The number of unbranched alkanes of at least 4 members (excludes halogenated alkanes) is 14. The van der Waals surface area contributed by atoms with Gasteiger partial charge in [0.1, 0.15) is 6.61 Å². The van der Waals surface area contributed by atoms with Crippen molar-refractivity contribution in [3.8, 4) is 0 Å². The highest BCUT2D eigenvalue weighted by Crippen LogP contribution is 2.43. The predicted octanol–water partition coefficient (Wildman–Crippen LogP) is 11.5. The summed E-state index contributed by atoms with van der Waals surface area (Å²) in [5, 5.41) is 0. The fourth-order valence-corrected chi connectivity index (χ4v) is 6.00. The first-order valence-electron chi connectivity index (χ1n) is 20.4. The molecule has 2 atom stereocenters. The molecule has 0 aliphatic heterocycles. The van der Waals surface area contributed by atoms with Crippen molar-refractivity contribution in [2.45, 2.75) is 161 Å². The Hall–Kier alpha value is -2.55. The Labute approximate surface area is 322 Å². The van der Waals surface area contributed by atoms with E-state index in [0.717, 1.165) is 64.2 Å². The van der Waals surface area contributed by atoms with Crippen molar-refractivity contribution in [1.82, 2.24) is 0 Å². The van der Waals surface area contributed by atoms with Crippen LogP contribution in [-0.4, -0.2) is 49.3 Å². The highest BCUT2D eigenvalue weighted by Gasteiger charge is 2.25. The molecule has 9 nitrogen and oxygen atoms in total. The van der Waals surface area contributed by atoms with E-state index >= 15 is 0 Å². The van der Waals surface area contributed by atoms with E-state index < -0.39 is 32.5 Å². The largest absolute Gasteiger partial charge is 0.472 e. The topological polar surface area (TPSA) is 134 Å². The van der Waals surface area contributed by atoms with Crippen molar-refractivity contribution in [2.24, 2.45) is 5.73 Å². The summed E-state index contributed by atoms with van der Waals surface area (Å²) >= 11 is 0. The number of carbonyl (C=O) groups is 2. The quantitative estimate of drug-likeness (QED) is 0.0273. The molecule has 0 bridgehead atoms. The molecule has 3 N–H and O–H groups in total. The van der Waals surface area contributed by atoms with Crippen molar-refractivity contribution in [1.29, 1.82) is 0 Å². The SMILES string of the molecule is C=CCCCCCCCCCCCCCCCC(=O)O[C@H](COC(=O)CCC/C=C/C/C=C/C/C=C/C/C=C/C/C=C/CC)COP(=O)(O)OCCN. The zero-order valence-corrected chi connectivity index (χ0v) is 34.0. The van der Waals surface area contributed by atoms with Crippen LogP contribution in [0.15, 0.2) is 73.4 Å². The minimum absolute atomic E-state index is 0.0422. The van der Waals surface area contributed by atoms with Crippen LogP contribution < -0.4 is 5.73 Å². The smallest absolute Gasteiger partial charge is 0.462 e. The third-order valence-electron chi connectivity index (χ3n) is 8.22. The average Bonchev–Trinajstić information content (AvgIpc) is 3.14. The molecule has 0 saturated carbocycles. The molecule has 0 aromatic carbocycles. The maximum Gasteiger partial charge on any atom is 0.472 e. The number of hydrogen-bond donors (Lipinski definition) is 2. The van der Waals surface area contributed by atoms with Crippen LogP contribution >= 0.6 is 7.82 Å². The molecule has 0 aliphatic carbocycles. The van der Waals surface area contributed by atoms with Crippen molar-refractivity contribution in [3.63, 3.8) is 0 Å². The maximum absolute atomic E-state index is 12.6. The maximum atomic E-state index is 12.6. The van der Waals surface area contributed by atoms with Crippen molar-refractivity contribution < 1.29 is 37.6 Å². The van der Waals surface area contributed by atoms with Gasteiger partial charge in [0.2, 0.25) is 0 Å². The Balaban J connectivity index is 4.28. The van der Waals surface area contributed by atoms with Gasteiger partial charge >= 0.3 is 19.8 Å². The molecule has 0 saturated heterocycles. The molecular weight excluding hydrogens is 689 g/mol. The number of esters is 2. The first kappa shape index (κ1) is 50.5. The lowest BCUT2D eigenvalue weighted by molar-refractivity contribution is -0.161. The summed E-state index contributed by atoms with van der Waals surface area (Å²) in [4.78, 5) is 34.8. The van der Waals surface area contributed by atoms with Crippen LogP contribution in [0.2, 0.25) is 0 Å². The number of rotatable bonds is 38. The number of nitrogens with two attached hydrogens (primary N) is 1. The van der Waals surface area contributed by atoms with Crippen LogP contribution in [0.25, 0.3) is 0 Å². The molecule has 0 fully saturated rings. The fraction of sp³-hybridized carbons (Fsp3) is 0.674. The first-order valence-corrected chi connectivity index (χ1v) is 21.9. The number of carbonyl (C=O) groups excluding carboxylic acids is 2. The number of phosphoric acid groups is 1. The Morgan fingerprint density at radius 1 is 0.623 bits per heavy atom. The van der Waals surface area contributed by atoms with Gasteiger partial charge in [-0.25, -0.2) is 4.57 Å². The minimum atomic E-state index is -4.39. The van der Waals surface area contributed by atoms with E-state index in [4.69, 9.17) is 24.3 Å². The second kappa shape index (κ2) is 39.2. The molecule has 0 amide bonds. The number of ether oxygens (including phenoxy) is 2. The number of hydrogen-bond acceptors (Lipinski definition) is 8. The summed E-state index contributed by atoms with van der Waals surface area (Å²) in [6.07, 6.45) is 45.4. The van der Waals surface area contributed by atoms with Gasteiger partial charge in [-0.1, -0.05) is 144 Å². The van der Waals surface area contributed by atoms with E-state index in [1.165, 1.54) is 57.8 Å². The summed E-state index contributed by atoms with van der Waals surface area (Å²) < 4.78 is 32.7. The van der Waals surface area contributed by atoms with Gasteiger partial charge in [-0.15, -0.1) is 6.58 Å². The second-order valence-corrected chi connectivity index (χ2v) is 14.7. The lowest BCUT2D eigenvalue weighted by Crippen LogP contribution is -2.29. The summed E-state index contributed by atoms with van der Waals surface area (Å²) in [5.41, 5.74) is 5.34. The third-order valence-corrected chi connectivity index (χ3v) is 9.21. The van der Waals surface area contributed by atoms with Gasteiger partial charge < -0.3 is 20.1 Å². The van der Waals surface area contributed by atoms with E-state index in [-0.39, 0.29) is 32.6 Å². The lowest BCUT2D eigenvalue weighted by atomic mass is 10.0.